The Hall–Kier alpha value is -2.72. The maximum Gasteiger partial charge on any atom is 0.270 e. The minimum absolute atomic E-state index is 0.0112. The molecule has 0 bridgehead atoms. The van der Waals surface area contributed by atoms with Crippen LogP contribution in [-0.4, -0.2) is 90.2 Å². The first-order chi connectivity index (χ1) is 15.0. The molecule has 1 saturated heterocycles. The number of nitro benzene ring substituents is 1. The van der Waals surface area contributed by atoms with E-state index in [1.807, 2.05) is 18.7 Å². The Bertz CT molecular complexity index is 876. The lowest BCUT2D eigenvalue weighted by atomic mass is 10.0. The van der Waals surface area contributed by atoms with Gasteiger partial charge in [-0.15, -0.1) is 0 Å². The summed E-state index contributed by atoms with van der Waals surface area (Å²) in [7, 11) is 3.42. The average Bonchev–Trinajstić information content (AvgIpc) is 2.96. The number of nitrogens with one attached hydrogen (secondary N) is 1. The van der Waals surface area contributed by atoms with Gasteiger partial charge in [-0.2, -0.15) is 0 Å². The molecule has 1 N–H and O–H groups in total. The normalized spacial score (nSPS) is 15.8. The SMILES string of the molecule is CC(C)C(NC(=O)c1ccc([N+](=O)[O-])cc1Cl)C(=O)N1CCCN(CC(=O)N(C)C)CC1. The summed E-state index contributed by atoms with van der Waals surface area (Å²) in [4.78, 5) is 53.5. The number of amides is 3. The quantitative estimate of drug-likeness (QED) is 0.481. The van der Waals surface area contributed by atoms with Gasteiger partial charge >= 0.3 is 0 Å². The summed E-state index contributed by atoms with van der Waals surface area (Å²) in [5.74, 6) is -0.938. The number of benzene rings is 1. The number of hydrogen-bond acceptors (Lipinski definition) is 6. The first-order valence-electron chi connectivity index (χ1n) is 10.5. The molecule has 1 aromatic rings. The maximum absolute atomic E-state index is 13.2. The lowest BCUT2D eigenvalue weighted by molar-refractivity contribution is -0.384. The van der Waals surface area contributed by atoms with Gasteiger partial charge in [0.2, 0.25) is 11.8 Å². The molecule has 0 aromatic heterocycles. The van der Waals surface area contributed by atoms with E-state index < -0.39 is 16.9 Å². The topological polar surface area (TPSA) is 116 Å². The Labute approximate surface area is 192 Å². The fourth-order valence-corrected chi connectivity index (χ4v) is 3.67. The van der Waals surface area contributed by atoms with Crippen molar-refractivity contribution in [2.45, 2.75) is 26.3 Å². The van der Waals surface area contributed by atoms with Crippen LogP contribution in [0.4, 0.5) is 5.69 Å². The second-order valence-corrected chi connectivity index (χ2v) is 8.77. The van der Waals surface area contributed by atoms with Gasteiger partial charge in [-0.25, -0.2) is 0 Å². The highest BCUT2D eigenvalue weighted by atomic mass is 35.5. The van der Waals surface area contributed by atoms with Gasteiger partial charge < -0.3 is 15.1 Å². The van der Waals surface area contributed by atoms with E-state index in [0.717, 1.165) is 12.5 Å². The molecule has 0 saturated carbocycles. The van der Waals surface area contributed by atoms with Crippen LogP contribution < -0.4 is 5.32 Å². The van der Waals surface area contributed by atoms with Crippen LogP contribution in [0.5, 0.6) is 0 Å². The van der Waals surface area contributed by atoms with Crippen molar-refractivity contribution < 1.29 is 19.3 Å². The van der Waals surface area contributed by atoms with Crippen LogP contribution >= 0.6 is 11.6 Å². The van der Waals surface area contributed by atoms with Crippen molar-refractivity contribution in [3.05, 3.63) is 38.9 Å². The number of halogens is 1. The molecule has 10 nitrogen and oxygen atoms in total. The number of non-ortho nitro benzene ring substituents is 1. The van der Waals surface area contributed by atoms with Crippen LogP contribution in [0.1, 0.15) is 30.6 Å². The zero-order valence-electron chi connectivity index (χ0n) is 18.8. The summed E-state index contributed by atoms with van der Waals surface area (Å²) < 4.78 is 0. The van der Waals surface area contributed by atoms with Crippen molar-refractivity contribution >= 4 is 35.0 Å². The van der Waals surface area contributed by atoms with Gasteiger partial charge in [0.25, 0.3) is 11.6 Å². The van der Waals surface area contributed by atoms with E-state index in [1.54, 1.807) is 23.9 Å². The molecule has 0 radical (unpaired) electrons. The highest BCUT2D eigenvalue weighted by Crippen LogP contribution is 2.23. The van der Waals surface area contributed by atoms with Crippen molar-refractivity contribution in [1.82, 2.24) is 20.0 Å². The number of nitrogens with zero attached hydrogens (tertiary/aromatic N) is 4. The van der Waals surface area contributed by atoms with Crippen LogP contribution in [0.3, 0.4) is 0 Å². The minimum Gasteiger partial charge on any atom is -0.348 e. The lowest BCUT2D eigenvalue weighted by Crippen LogP contribution is -2.52. The molecule has 1 aromatic carbocycles. The van der Waals surface area contributed by atoms with Crippen molar-refractivity contribution in [2.75, 3.05) is 46.8 Å². The van der Waals surface area contributed by atoms with Crippen LogP contribution in [-0.2, 0) is 9.59 Å². The molecule has 0 aliphatic carbocycles. The molecule has 11 heteroatoms. The average molecular weight is 468 g/mol. The summed E-state index contributed by atoms with van der Waals surface area (Å²) in [6, 6.07) is 2.82. The van der Waals surface area contributed by atoms with Crippen LogP contribution in [0.2, 0.25) is 5.02 Å². The number of carbonyl (C=O) groups is 3. The van der Waals surface area contributed by atoms with Gasteiger partial charge in [-0.05, 0) is 18.4 Å². The molecule has 1 aliphatic rings. The Morgan fingerprint density at radius 2 is 1.88 bits per heavy atom. The fraction of sp³-hybridized carbons (Fsp3) is 0.571. The molecular weight excluding hydrogens is 438 g/mol. The number of hydrogen-bond donors (Lipinski definition) is 1. The third-order valence-electron chi connectivity index (χ3n) is 5.39. The predicted octanol–water partition coefficient (Wildman–Crippen LogP) is 1.63. The Morgan fingerprint density at radius 3 is 2.44 bits per heavy atom. The van der Waals surface area contributed by atoms with Crippen LogP contribution in [0.15, 0.2) is 18.2 Å². The number of carbonyl (C=O) groups excluding carboxylic acids is 3. The molecule has 2 rings (SSSR count). The van der Waals surface area contributed by atoms with E-state index in [0.29, 0.717) is 32.7 Å². The van der Waals surface area contributed by atoms with Gasteiger partial charge in [-0.1, -0.05) is 25.4 Å². The Kier molecular flexibility index (Phi) is 8.97. The van der Waals surface area contributed by atoms with Gasteiger partial charge in [0.15, 0.2) is 0 Å². The van der Waals surface area contributed by atoms with E-state index in [9.17, 15) is 24.5 Å². The lowest BCUT2D eigenvalue weighted by Gasteiger charge is -2.29. The minimum atomic E-state index is -0.774. The molecule has 176 valence electrons. The third kappa shape index (κ3) is 6.64. The molecule has 32 heavy (non-hydrogen) atoms. The van der Waals surface area contributed by atoms with E-state index in [4.69, 9.17) is 11.6 Å². The zero-order chi connectivity index (χ0) is 24.0. The predicted molar refractivity (Wildman–Crippen MR) is 121 cm³/mol. The van der Waals surface area contributed by atoms with Crippen molar-refractivity contribution in [3.63, 3.8) is 0 Å². The van der Waals surface area contributed by atoms with E-state index >= 15 is 0 Å². The summed E-state index contributed by atoms with van der Waals surface area (Å²) >= 11 is 6.06. The molecule has 1 aliphatic heterocycles. The maximum atomic E-state index is 13.2. The first kappa shape index (κ1) is 25.5. The monoisotopic (exact) mass is 467 g/mol. The van der Waals surface area contributed by atoms with E-state index in [-0.39, 0.29) is 34.0 Å². The van der Waals surface area contributed by atoms with Crippen molar-refractivity contribution in [2.24, 2.45) is 5.92 Å². The highest BCUT2D eigenvalue weighted by molar-refractivity contribution is 6.34. The van der Waals surface area contributed by atoms with Gasteiger partial charge in [0.1, 0.15) is 6.04 Å². The molecule has 1 fully saturated rings. The van der Waals surface area contributed by atoms with E-state index in [2.05, 4.69) is 5.32 Å². The molecule has 3 amide bonds. The number of likely N-dealkylation sites (N-methyl/N-ethyl adjacent to an activating group) is 1. The Morgan fingerprint density at radius 1 is 1.19 bits per heavy atom. The number of nitro groups is 1. The summed E-state index contributed by atoms with van der Waals surface area (Å²) in [5, 5.41) is 13.6. The van der Waals surface area contributed by atoms with Gasteiger partial charge in [0.05, 0.1) is 22.1 Å². The number of rotatable bonds is 7. The fourth-order valence-electron chi connectivity index (χ4n) is 3.41. The molecular formula is C21H30ClN5O5. The summed E-state index contributed by atoms with van der Waals surface area (Å²) in [6.45, 7) is 6.23. The third-order valence-corrected chi connectivity index (χ3v) is 5.70. The standard InChI is InChI=1S/C21H30ClN5O5/c1-14(2)19(23-20(29)16-7-6-15(27(31)32)12-17(16)22)21(30)26-9-5-8-25(10-11-26)13-18(28)24(3)4/h6-7,12,14,19H,5,8-11,13H2,1-4H3,(H,23,29). The van der Waals surface area contributed by atoms with Crippen molar-refractivity contribution in [1.29, 1.82) is 0 Å². The van der Waals surface area contributed by atoms with Crippen LogP contribution in [0, 0.1) is 16.0 Å². The van der Waals surface area contributed by atoms with Crippen molar-refractivity contribution in [3.8, 4) is 0 Å². The second kappa shape index (κ2) is 11.2. The summed E-state index contributed by atoms with van der Waals surface area (Å²) in [6.07, 6.45) is 0.722. The van der Waals surface area contributed by atoms with Crippen LogP contribution in [0.25, 0.3) is 0 Å². The highest BCUT2D eigenvalue weighted by Gasteiger charge is 2.31. The molecule has 1 heterocycles. The molecule has 0 spiro atoms. The smallest absolute Gasteiger partial charge is 0.270 e. The zero-order valence-corrected chi connectivity index (χ0v) is 19.6. The Balaban J connectivity index is 2.07. The largest absolute Gasteiger partial charge is 0.348 e. The first-order valence-corrected chi connectivity index (χ1v) is 10.8. The van der Waals surface area contributed by atoms with Gasteiger partial charge in [0, 0.05) is 52.4 Å². The van der Waals surface area contributed by atoms with Gasteiger partial charge in [-0.3, -0.25) is 29.4 Å². The summed E-state index contributed by atoms with van der Waals surface area (Å²) in [5.41, 5.74) is -0.148. The molecule has 1 atom stereocenters. The second-order valence-electron chi connectivity index (χ2n) is 8.36. The molecule has 1 unspecified atom stereocenters. The van der Waals surface area contributed by atoms with E-state index in [1.165, 1.54) is 12.1 Å².